The van der Waals surface area contributed by atoms with Crippen LogP contribution < -0.4 is 4.80 Å². The van der Waals surface area contributed by atoms with Crippen molar-refractivity contribution < 1.29 is 13.2 Å². The second kappa shape index (κ2) is 7.88. The number of fused-ring (bicyclic) bond motifs is 1. The Hall–Kier alpha value is -2.25. The Morgan fingerprint density at radius 1 is 1.38 bits per heavy atom. The molecule has 0 radical (unpaired) electrons. The van der Waals surface area contributed by atoms with Gasteiger partial charge in [-0.1, -0.05) is 29.4 Å². The molecule has 3 aromatic rings. The van der Waals surface area contributed by atoms with Crippen LogP contribution in [-0.4, -0.2) is 35.8 Å². The number of amides is 1. The van der Waals surface area contributed by atoms with E-state index in [0.29, 0.717) is 24.2 Å². The maximum Gasteiger partial charge on any atom is 0.266 e. The summed E-state index contributed by atoms with van der Waals surface area (Å²) in [6.45, 7) is 2.61. The molecule has 4 rings (SSSR count). The Kier molecular flexibility index (Phi) is 5.44. The van der Waals surface area contributed by atoms with E-state index in [9.17, 15) is 13.2 Å². The quantitative estimate of drug-likeness (QED) is 0.580. The smallest absolute Gasteiger partial charge is 0.266 e. The van der Waals surface area contributed by atoms with Crippen LogP contribution in [0.1, 0.15) is 18.4 Å². The topological polar surface area (TPSA) is 71.7 Å². The highest BCUT2D eigenvalue weighted by Gasteiger charge is 2.39. The Morgan fingerprint density at radius 3 is 2.93 bits per heavy atom. The molecule has 3 heterocycles. The molecular weight excluding hydrogens is 426 g/mol. The van der Waals surface area contributed by atoms with Crippen LogP contribution in [0, 0.1) is 19.3 Å². The van der Waals surface area contributed by atoms with Gasteiger partial charge in [0.1, 0.15) is 10.3 Å². The number of thiazole rings is 1. The summed E-state index contributed by atoms with van der Waals surface area (Å²) in [6, 6.07) is 8.45. The fourth-order valence-electron chi connectivity index (χ4n) is 3.48. The molecule has 1 atom stereocenters. The highest BCUT2D eigenvalue weighted by Crippen LogP contribution is 2.29. The van der Waals surface area contributed by atoms with E-state index in [0.717, 1.165) is 27.1 Å². The van der Waals surface area contributed by atoms with Crippen LogP contribution in [0.5, 0.6) is 0 Å². The van der Waals surface area contributed by atoms with Crippen molar-refractivity contribution in [3.63, 3.8) is 0 Å². The lowest BCUT2D eigenvalue weighted by atomic mass is 10.2. The molecule has 0 N–H and O–H groups in total. The van der Waals surface area contributed by atoms with Gasteiger partial charge in [0.15, 0.2) is 4.80 Å². The summed E-state index contributed by atoms with van der Waals surface area (Å²) in [5.74, 6) is 2.16. The first-order valence-electron chi connectivity index (χ1n) is 9.09. The molecule has 0 spiro atoms. The molecule has 1 aromatic carbocycles. The molecule has 0 aliphatic carbocycles. The minimum atomic E-state index is -3.70. The number of aromatic nitrogens is 1. The molecule has 1 amide bonds. The van der Waals surface area contributed by atoms with Gasteiger partial charge in [-0.05, 0) is 48.9 Å². The highest BCUT2D eigenvalue weighted by molar-refractivity contribution is 7.91. The van der Waals surface area contributed by atoms with E-state index >= 15 is 0 Å². The number of carbonyl (C=O) groups is 1. The number of thiophene rings is 1. The zero-order valence-corrected chi connectivity index (χ0v) is 18.2. The van der Waals surface area contributed by atoms with Crippen LogP contribution in [-0.2, 0) is 21.4 Å². The first-order chi connectivity index (χ1) is 13.9. The summed E-state index contributed by atoms with van der Waals surface area (Å²) < 4.78 is 30.2. The molecule has 1 fully saturated rings. The van der Waals surface area contributed by atoms with Gasteiger partial charge in [0.25, 0.3) is 15.9 Å². The van der Waals surface area contributed by atoms with Gasteiger partial charge >= 0.3 is 0 Å². The molecular formula is C20H19N3O3S3. The minimum absolute atomic E-state index is 0.247. The lowest BCUT2D eigenvalue weighted by Crippen LogP contribution is -2.40. The predicted molar refractivity (Wildman–Crippen MR) is 115 cm³/mol. The Bertz CT molecular complexity index is 1280. The van der Waals surface area contributed by atoms with Crippen molar-refractivity contribution in [2.45, 2.75) is 36.6 Å². The summed E-state index contributed by atoms with van der Waals surface area (Å²) in [5, 5.41) is 1.71. The van der Waals surface area contributed by atoms with Gasteiger partial charge in [0.05, 0.1) is 16.8 Å². The number of terminal acetylenes is 1. The van der Waals surface area contributed by atoms with Crippen molar-refractivity contribution in [2.75, 3.05) is 6.54 Å². The third-order valence-corrected chi connectivity index (χ3v) is 9.16. The Balaban J connectivity index is 1.74. The zero-order chi connectivity index (χ0) is 20.6. The van der Waals surface area contributed by atoms with E-state index in [2.05, 4.69) is 10.9 Å². The van der Waals surface area contributed by atoms with E-state index < -0.39 is 22.0 Å². The minimum Gasteiger partial charge on any atom is -0.305 e. The first-order valence-corrected chi connectivity index (χ1v) is 12.2. The standard InChI is InChI=1S/C20H19N3O3S3/c1-3-10-22-15-9-8-14(2)13-17(15)28-20(22)21-19(24)16-6-4-11-23(16)29(25,26)18-7-5-12-27-18/h1,5,7-9,12-13,16H,4,6,10-11H2,2H3. The van der Waals surface area contributed by atoms with E-state index in [4.69, 9.17) is 6.42 Å². The summed E-state index contributed by atoms with van der Waals surface area (Å²) in [5.41, 5.74) is 2.02. The number of nitrogens with zero attached hydrogens (tertiary/aromatic N) is 3. The van der Waals surface area contributed by atoms with Gasteiger partial charge in [-0.2, -0.15) is 9.30 Å². The number of benzene rings is 1. The van der Waals surface area contributed by atoms with Crippen LogP contribution in [0.25, 0.3) is 10.2 Å². The molecule has 9 heteroatoms. The van der Waals surface area contributed by atoms with Gasteiger partial charge in [0, 0.05) is 6.54 Å². The van der Waals surface area contributed by atoms with E-state index in [1.807, 2.05) is 29.7 Å². The van der Waals surface area contributed by atoms with Crippen molar-refractivity contribution in [1.82, 2.24) is 8.87 Å². The largest absolute Gasteiger partial charge is 0.305 e. The second-order valence-electron chi connectivity index (χ2n) is 6.80. The fraction of sp³-hybridized carbons (Fsp3) is 0.300. The number of rotatable bonds is 4. The Labute approximate surface area is 177 Å². The molecule has 150 valence electrons. The molecule has 1 aliphatic heterocycles. The monoisotopic (exact) mass is 445 g/mol. The lowest BCUT2D eigenvalue weighted by molar-refractivity contribution is -0.121. The highest BCUT2D eigenvalue weighted by atomic mass is 32.2. The molecule has 0 saturated carbocycles. The third kappa shape index (κ3) is 3.69. The van der Waals surface area contributed by atoms with Crippen molar-refractivity contribution in [1.29, 1.82) is 0 Å². The number of hydrogen-bond acceptors (Lipinski definition) is 5. The predicted octanol–water partition coefficient (Wildman–Crippen LogP) is 2.99. The zero-order valence-electron chi connectivity index (χ0n) is 15.7. The number of carbonyl (C=O) groups excluding carboxylic acids is 1. The second-order valence-corrected chi connectivity index (χ2v) is 10.9. The van der Waals surface area contributed by atoms with Crippen LogP contribution in [0.15, 0.2) is 44.9 Å². The van der Waals surface area contributed by atoms with Gasteiger partial charge in [-0.15, -0.1) is 17.8 Å². The summed E-state index contributed by atoms with van der Waals surface area (Å²) in [7, 11) is -3.70. The molecule has 0 bridgehead atoms. The number of hydrogen-bond donors (Lipinski definition) is 0. The number of sulfonamides is 1. The molecule has 1 unspecified atom stereocenters. The van der Waals surface area contributed by atoms with Gasteiger partial charge < -0.3 is 4.57 Å². The van der Waals surface area contributed by atoms with E-state index in [1.165, 1.54) is 15.6 Å². The van der Waals surface area contributed by atoms with Crippen LogP contribution in [0.2, 0.25) is 0 Å². The van der Waals surface area contributed by atoms with Crippen molar-refractivity contribution in [3.8, 4) is 12.3 Å². The van der Waals surface area contributed by atoms with Gasteiger partial charge in [0.2, 0.25) is 0 Å². The van der Waals surface area contributed by atoms with Gasteiger partial charge in [-0.25, -0.2) is 8.42 Å². The molecule has 29 heavy (non-hydrogen) atoms. The average molecular weight is 446 g/mol. The average Bonchev–Trinajstić information content (AvgIpc) is 3.42. The van der Waals surface area contributed by atoms with Crippen LogP contribution in [0.3, 0.4) is 0 Å². The van der Waals surface area contributed by atoms with Crippen LogP contribution in [0.4, 0.5) is 0 Å². The lowest BCUT2D eigenvalue weighted by Gasteiger charge is -2.20. The van der Waals surface area contributed by atoms with Crippen molar-refractivity contribution in [3.05, 3.63) is 46.1 Å². The summed E-state index contributed by atoms with van der Waals surface area (Å²) in [6.07, 6.45) is 6.61. The molecule has 1 aliphatic rings. The van der Waals surface area contributed by atoms with Crippen molar-refractivity contribution >= 4 is 48.8 Å². The molecule has 6 nitrogen and oxygen atoms in total. The molecule has 1 saturated heterocycles. The van der Waals surface area contributed by atoms with Gasteiger partial charge in [-0.3, -0.25) is 4.79 Å². The summed E-state index contributed by atoms with van der Waals surface area (Å²) >= 11 is 2.54. The normalized spacial score (nSPS) is 18.3. The number of aryl methyl sites for hydroxylation is 1. The maximum atomic E-state index is 13.0. The summed E-state index contributed by atoms with van der Waals surface area (Å²) in [4.78, 5) is 17.8. The fourth-order valence-corrected chi connectivity index (χ4v) is 7.38. The first kappa shape index (κ1) is 20.0. The van der Waals surface area contributed by atoms with E-state index in [1.54, 1.807) is 17.5 Å². The molecule has 2 aromatic heterocycles. The van der Waals surface area contributed by atoms with Crippen molar-refractivity contribution in [2.24, 2.45) is 4.99 Å². The maximum absolute atomic E-state index is 13.0. The third-order valence-electron chi connectivity index (χ3n) is 4.84. The Morgan fingerprint density at radius 2 is 2.21 bits per heavy atom. The SMILES string of the molecule is C#CCn1c(=NC(=O)C2CCCN2S(=O)(=O)c2cccs2)sc2cc(C)ccc21. The van der Waals surface area contributed by atoms with Crippen LogP contribution >= 0.6 is 22.7 Å². The van der Waals surface area contributed by atoms with E-state index in [-0.39, 0.29) is 10.8 Å².